The minimum absolute atomic E-state index is 0.187. The summed E-state index contributed by atoms with van der Waals surface area (Å²) >= 11 is 5.61. The molecule has 1 aliphatic heterocycles. The average molecular weight is 777 g/mol. The van der Waals surface area contributed by atoms with Crippen molar-refractivity contribution < 1.29 is 33.3 Å². The first-order valence-corrected chi connectivity index (χ1v) is 15.3. The van der Waals surface area contributed by atoms with Crippen LogP contribution in [0.2, 0.25) is 0 Å². The van der Waals surface area contributed by atoms with Crippen molar-refractivity contribution in [1.82, 2.24) is 16.1 Å². The maximum absolute atomic E-state index is 12.6. The number of nitrogens with zero attached hydrogens (tertiary/aromatic N) is 1. The molecule has 1 heterocycles. The van der Waals surface area contributed by atoms with Crippen molar-refractivity contribution in [3.63, 3.8) is 0 Å². The first kappa shape index (κ1) is 32.8. The van der Waals surface area contributed by atoms with E-state index < -0.39 is 23.9 Å². The molecular weight excluding hydrogens is 747 g/mol. The van der Waals surface area contributed by atoms with Gasteiger partial charge in [-0.05, 0) is 95.6 Å². The molecule has 230 valence electrons. The van der Waals surface area contributed by atoms with Crippen molar-refractivity contribution >= 4 is 62.6 Å². The van der Waals surface area contributed by atoms with Crippen LogP contribution in [0.5, 0.6) is 17.2 Å². The quantitative estimate of drug-likeness (QED) is 0.0976. The van der Waals surface area contributed by atoms with Gasteiger partial charge in [-0.1, -0.05) is 34.1 Å². The molecular formula is C31H30BrIN4O7. The van der Waals surface area contributed by atoms with Gasteiger partial charge in [0.1, 0.15) is 12.4 Å². The molecule has 0 bridgehead atoms. The summed E-state index contributed by atoms with van der Waals surface area (Å²) in [5, 5.41) is 9.35. The lowest BCUT2D eigenvalue weighted by molar-refractivity contribution is -0.139. The zero-order valence-corrected chi connectivity index (χ0v) is 27.9. The molecule has 3 aromatic rings. The van der Waals surface area contributed by atoms with Gasteiger partial charge in [0.15, 0.2) is 18.1 Å². The van der Waals surface area contributed by atoms with Gasteiger partial charge in [0.05, 0.1) is 35.1 Å². The molecule has 13 heteroatoms. The highest BCUT2D eigenvalue weighted by molar-refractivity contribution is 14.1. The molecule has 4 rings (SSSR count). The van der Waals surface area contributed by atoms with Crippen LogP contribution < -0.4 is 30.3 Å². The van der Waals surface area contributed by atoms with E-state index in [1.165, 1.54) is 13.3 Å². The lowest BCUT2D eigenvalue weighted by Gasteiger charge is -2.28. The summed E-state index contributed by atoms with van der Waals surface area (Å²) in [6, 6.07) is 17.2. The Labute approximate surface area is 276 Å². The van der Waals surface area contributed by atoms with Gasteiger partial charge in [-0.2, -0.15) is 5.10 Å². The molecule has 3 N–H and O–H groups in total. The van der Waals surface area contributed by atoms with E-state index in [4.69, 9.17) is 18.9 Å². The molecule has 3 aromatic carbocycles. The minimum atomic E-state index is -0.765. The summed E-state index contributed by atoms with van der Waals surface area (Å²) in [5.74, 6) is 0.320. The molecule has 0 saturated heterocycles. The second-order valence-corrected chi connectivity index (χ2v) is 11.5. The molecule has 0 saturated carbocycles. The zero-order valence-electron chi connectivity index (χ0n) is 24.1. The fourth-order valence-electron chi connectivity index (χ4n) is 4.22. The van der Waals surface area contributed by atoms with Gasteiger partial charge in [-0.3, -0.25) is 4.79 Å². The predicted molar refractivity (Wildman–Crippen MR) is 176 cm³/mol. The van der Waals surface area contributed by atoms with Crippen LogP contribution in [0, 0.1) is 3.57 Å². The van der Waals surface area contributed by atoms with E-state index >= 15 is 0 Å². The second kappa shape index (κ2) is 15.6. The number of ether oxygens (including phenoxy) is 4. The van der Waals surface area contributed by atoms with Gasteiger partial charge in [0.25, 0.3) is 5.91 Å². The molecule has 0 radical (unpaired) electrons. The second-order valence-electron chi connectivity index (χ2n) is 9.39. The van der Waals surface area contributed by atoms with Gasteiger partial charge in [0, 0.05) is 10.2 Å². The standard InChI is InChI=1S/C31H30BrIN4O7/c1-4-42-30(39)28-18(2)35-31(40)36-29(28)21-8-12-25(26(14-21)41-3)44-17-27(38)37-34-15-20-7-11-24(23(33)13-20)43-16-19-5-9-22(32)10-6-19/h5-15,29H,4,16-17H2,1-3H3,(H,37,38)(H2,35,36,40)/b34-15-/t29-/m1/s1. The van der Waals surface area contributed by atoms with E-state index in [2.05, 4.69) is 59.7 Å². The number of hydrogen-bond donors (Lipinski definition) is 3. The number of hydrogen-bond acceptors (Lipinski definition) is 8. The minimum Gasteiger partial charge on any atom is -0.493 e. The molecule has 11 nitrogen and oxygen atoms in total. The molecule has 0 unspecified atom stereocenters. The number of rotatable bonds is 12. The number of hydrazone groups is 1. The van der Waals surface area contributed by atoms with Crippen LogP contribution in [0.15, 0.2) is 81.5 Å². The Hall–Kier alpha value is -4.11. The fourth-order valence-corrected chi connectivity index (χ4v) is 5.18. The number of halogens is 2. The van der Waals surface area contributed by atoms with Crippen molar-refractivity contribution in [2.24, 2.45) is 5.10 Å². The number of nitrogens with one attached hydrogen (secondary N) is 3. The van der Waals surface area contributed by atoms with Gasteiger partial charge >= 0.3 is 12.0 Å². The van der Waals surface area contributed by atoms with E-state index in [1.54, 1.807) is 32.0 Å². The number of benzene rings is 3. The Morgan fingerprint density at radius 3 is 2.50 bits per heavy atom. The molecule has 0 aliphatic carbocycles. The van der Waals surface area contributed by atoms with Crippen molar-refractivity contribution in [3.05, 3.63) is 96.7 Å². The van der Waals surface area contributed by atoms with Crippen LogP contribution in [-0.2, 0) is 20.9 Å². The van der Waals surface area contributed by atoms with E-state index in [1.807, 2.05) is 42.5 Å². The summed E-state index contributed by atoms with van der Waals surface area (Å²) in [4.78, 5) is 37.2. The lowest BCUT2D eigenvalue weighted by Crippen LogP contribution is -2.45. The summed E-state index contributed by atoms with van der Waals surface area (Å²) < 4.78 is 24.1. The molecule has 1 atom stereocenters. The maximum atomic E-state index is 12.6. The summed E-state index contributed by atoms with van der Waals surface area (Å²) in [5.41, 5.74) is 5.51. The highest BCUT2D eigenvalue weighted by atomic mass is 127. The number of methoxy groups -OCH3 is 1. The topological polar surface area (TPSA) is 137 Å². The summed E-state index contributed by atoms with van der Waals surface area (Å²) in [7, 11) is 1.45. The first-order valence-electron chi connectivity index (χ1n) is 13.4. The van der Waals surface area contributed by atoms with Crippen LogP contribution in [-0.4, -0.2) is 44.4 Å². The number of carbonyl (C=O) groups is 3. The van der Waals surface area contributed by atoms with Crippen molar-refractivity contribution in [2.45, 2.75) is 26.5 Å². The normalized spacial score (nSPS) is 14.5. The largest absolute Gasteiger partial charge is 0.493 e. The van der Waals surface area contributed by atoms with Crippen LogP contribution in [0.1, 0.15) is 36.6 Å². The van der Waals surface area contributed by atoms with Crippen molar-refractivity contribution in [1.29, 1.82) is 0 Å². The van der Waals surface area contributed by atoms with Gasteiger partial charge in [0.2, 0.25) is 0 Å². The zero-order chi connectivity index (χ0) is 31.6. The number of allylic oxidation sites excluding steroid dienone is 1. The van der Waals surface area contributed by atoms with Gasteiger partial charge in [-0.15, -0.1) is 0 Å². The van der Waals surface area contributed by atoms with Crippen LogP contribution in [0.3, 0.4) is 0 Å². The van der Waals surface area contributed by atoms with Crippen LogP contribution in [0.4, 0.5) is 4.79 Å². The third-order valence-corrected chi connectivity index (χ3v) is 7.68. The van der Waals surface area contributed by atoms with Gasteiger partial charge < -0.3 is 29.6 Å². The smallest absolute Gasteiger partial charge is 0.338 e. The Balaban J connectivity index is 1.33. The summed E-state index contributed by atoms with van der Waals surface area (Å²) in [6.45, 7) is 3.64. The SMILES string of the molecule is CCOC(=O)C1=C(C)NC(=O)N[C@@H]1c1ccc(OCC(=O)N/N=C\c2ccc(OCc3ccc(Br)cc3)c(I)c2)c(OC)c1. The first-order chi connectivity index (χ1) is 21.2. The molecule has 0 aromatic heterocycles. The Bertz CT molecular complexity index is 1590. The third kappa shape index (κ3) is 8.72. The van der Waals surface area contributed by atoms with E-state index in [-0.39, 0.29) is 18.8 Å². The highest BCUT2D eigenvalue weighted by Crippen LogP contribution is 2.34. The monoisotopic (exact) mass is 776 g/mol. The predicted octanol–water partition coefficient (Wildman–Crippen LogP) is 5.36. The number of urea groups is 1. The lowest BCUT2D eigenvalue weighted by atomic mass is 9.95. The Morgan fingerprint density at radius 1 is 1.05 bits per heavy atom. The van der Waals surface area contributed by atoms with Crippen LogP contribution in [0.25, 0.3) is 0 Å². The number of amides is 3. The summed E-state index contributed by atoms with van der Waals surface area (Å²) in [6.07, 6.45) is 1.53. The van der Waals surface area contributed by atoms with Crippen molar-refractivity contribution in [3.8, 4) is 17.2 Å². The van der Waals surface area contributed by atoms with Crippen LogP contribution >= 0.6 is 38.5 Å². The van der Waals surface area contributed by atoms with Crippen molar-refractivity contribution in [2.75, 3.05) is 20.3 Å². The Morgan fingerprint density at radius 2 is 1.80 bits per heavy atom. The number of esters is 1. The fraction of sp³-hybridized carbons (Fsp3) is 0.226. The Kier molecular flexibility index (Phi) is 11.6. The maximum Gasteiger partial charge on any atom is 0.338 e. The molecule has 3 amide bonds. The molecule has 44 heavy (non-hydrogen) atoms. The van der Waals surface area contributed by atoms with E-state index in [0.717, 1.165) is 24.9 Å². The highest BCUT2D eigenvalue weighted by Gasteiger charge is 2.32. The average Bonchev–Trinajstić information content (AvgIpc) is 3.00. The third-order valence-electron chi connectivity index (χ3n) is 6.31. The molecule has 1 aliphatic rings. The molecule has 0 spiro atoms. The van der Waals surface area contributed by atoms with E-state index in [0.29, 0.717) is 29.4 Å². The van der Waals surface area contributed by atoms with Gasteiger partial charge in [-0.25, -0.2) is 15.0 Å². The number of carbonyl (C=O) groups excluding carboxylic acids is 3. The molecule has 0 fully saturated rings. The van der Waals surface area contributed by atoms with E-state index in [9.17, 15) is 14.4 Å².